The number of alkyl halides is 2. The Balaban J connectivity index is 4.01. The number of carbonyl (C=O) groups is 1. The van der Waals surface area contributed by atoms with Crippen molar-refractivity contribution in [2.75, 3.05) is 7.11 Å². The second-order valence-electron chi connectivity index (χ2n) is 1.87. The largest absolute Gasteiger partial charge is 0.468 e. The Morgan fingerprint density at radius 1 is 1.64 bits per heavy atom. The number of carbonyl (C=O) groups excluding carboxylic acids is 1. The Morgan fingerprint density at radius 2 is 2.09 bits per heavy atom. The van der Waals surface area contributed by atoms with Gasteiger partial charge in [-0.3, -0.25) is 4.79 Å². The van der Waals surface area contributed by atoms with Crippen LogP contribution < -0.4 is 5.73 Å². The third-order valence-corrected chi connectivity index (χ3v) is 1.10. The van der Waals surface area contributed by atoms with Crippen molar-refractivity contribution in [3.05, 3.63) is 0 Å². The predicted molar refractivity (Wildman–Crippen MR) is 32.0 cm³/mol. The summed E-state index contributed by atoms with van der Waals surface area (Å²) in [6, 6.07) is -1.68. The van der Waals surface area contributed by atoms with Gasteiger partial charge in [0.1, 0.15) is 12.1 Å². The van der Waals surface area contributed by atoms with E-state index in [-0.39, 0.29) is 0 Å². The molecule has 0 aromatic carbocycles. The smallest absolute Gasteiger partial charge is 0.325 e. The molecule has 0 saturated heterocycles. The fourth-order valence-electron chi connectivity index (χ4n) is 0.432. The van der Waals surface area contributed by atoms with Crippen LogP contribution in [0, 0.1) is 0 Å². The molecule has 4 nitrogen and oxygen atoms in total. The monoisotopic (exact) mass is 169 g/mol. The van der Waals surface area contributed by atoms with E-state index in [2.05, 4.69) is 4.74 Å². The van der Waals surface area contributed by atoms with Gasteiger partial charge in [0.15, 0.2) is 0 Å². The van der Waals surface area contributed by atoms with Crippen LogP contribution in [0.4, 0.5) is 8.78 Å². The molecule has 3 N–H and O–H groups in total. The van der Waals surface area contributed by atoms with Crippen LogP contribution in [0.1, 0.15) is 0 Å². The summed E-state index contributed by atoms with van der Waals surface area (Å²) < 4.78 is 27.3. The Bertz CT molecular complexity index is 142. The number of hydrogen-bond donors (Lipinski definition) is 2. The Morgan fingerprint density at radius 3 is 2.36 bits per heavy atom. The quantitative estimate of drug-likeness (QED) is 0.538. The number of aliphatic hydroxyl groups excluding tert-OH is 1. The molecule has 11 heavy (non-hydrogen) atoms. The number of aliphatic hydroxyl groups is 1. The predicted octanol–water partition coefficient (Wildman–Crippen LogP) is -0.887. The summed E-state index contributed by atoms with van der Waals surface area (Å²) in [5, 5.41) is 8.52. The normalized spacial score (nSPS) is 16.2. The summed E-state index contributed by atoms with van der Waals surface area (Å²) in [7, 11) is 1.00. The lowest BCUT2D eigenvalue weighted by molar-refractivity contribution is -0.148. The average Bonchev–Trinajstić information content (AvgIpc) is 2.00. The third-order valence-electron chi connectivity index (χ3n) is 1.10. The highest BCUT2D eigenvalue weighted by Crippen LogP contribution is 2.04. The highest BCUT2D eigenvalue weighted by molar-refractivity contribution is 5.76. The summed E-state index contributed by atoms with van der Waals surface area (Å²) in [6.45, 7) is 0. The van der Waals surface area contributed by atoms with Gasteiger partial charge in [-0.05, 0) is 0 Å². The highest BCUT2D eigenvalue weighted by Gasteiger charge is 2.30. The molecule has 0 aliphatic carbocycles. The van der Waals surface area contributed by atoms with Gasteiger partial charge in [-0.2, -0.15) is 0 Å². The first kappa shape index (κ1) is 10.2. The summed E-state index contributed by atoms with van der Waals surface area (Å²) in [4.78, 5) is 10.4. The van der Waals surface area contributed by atoms with Crippen molar-refractivity contribution in [2.24, 2.45) is 5.73 Å². The van der Waals surface area contributed by atoms with Gasteiger partial charge in [0.05, 0.1) is 7.11 Å². The molecule has 2 unspecified atom stereocenters. The first-order valence-electron chi connectivity index (χ1n) is 2.80. The summed E-state index contributed by atoms with van der Waals surface area (Å²) in [5.74, 6) is -1.06. The number of esters is 1. The van der Waals surface area contributed by atoms with Crippen molar-refractivity contribution < 1.29 is 23.4 Å². The van der Waals surface area contributed by atoms with E-state index in [1.165, 1.54) is 0 Å². The lowest BCUT2D eigenvalue weighted by Crippen LogP contribution is -2.46. The Kier molecular flexibility index (Phi) is 3.91. The van der Waals surface area contributed by atoms with Crippen molar-refractivity contribution in [3.8, 4) is 0 Å². The van der Waals surface area contributed by atoms with Gasteiger partial charge >= 0.3 is 5.97 Å². The van der Waals surface area contributed by atoms with E-state index < -0.39 is 24.5 Å². The van der Waals surface area contributed by atoms with Gasteiger partial charge in [-0.1, -0.05) is 0 Å². The number of halogens is 2. The van der Waals surface area contributed by atoms with Gasteiger partial charge in [-0.25, -0.2) is 8.78 Å². The second-order valence-corrected chi connectivity index (χ2v) is 1.87. The number of ether oxygens (including phenoxy) is 1. The van der Waals surface area contributed by atoms with E-state index in [1.807, 2.05) is 0 Å². The number of hydrogen-bond acceptors (Lipinski definition) is 4. The zero-order chi connectivity index (χ0) is 9.02. The standard InChI is InChI=1S/C5H9F2NO3/c1-11-5(10)2(8)3(9)4(6)7/h2-4,9H,8H2,1H3. The molecule has 0 amide bonds. The van der Waals surface area contributed by atoms with Crippen molar-refractivity contribution in [3.63, 3.8) is 0 Å². The molecular formula is C5H9F2NO3. The van der Waals surface area contributed by atoms with Crippen molar-refractivity contribution in [1.29, 1.82) is 0 Å². The maximum absolute atomic E-state index is 11.6. The number of rotatable bonds is 3. The molecule has 0 aromatic heterocycles. The van der Waals surface area contributed by atoms with Gasteiger partial charge in [0, 0.05) is 0 Å². The van der Waals surface area contributed by atoms with Crippen LogP contribution in [0.2, 0.25) is 0 Å². The molecule has 0 spiro atoms. The molecule has 0 aliphatic rings. The lowest BCUT2D eigenvalue weighted by atomic mass is 10.2. The first-order valence-corrected chi connectivity index (χ1v) is 2.80. The summed E-state index contributed by atoms with van der Waals surface area (Å²) in [5.41, 5.74) is 4.87. The van der Waals surface area contributed by atoms with Crippen LogP contribution in [0.25, 0.3) is 0 Å². The minimum Gasteiger partial charge on any atom is -0.468 e. The minimum atomic E-state index is -3.04. The zero-order valence-electron chi connectivity index (χ0n) is 5.83. The van der Waals surface area contributed by atoms with Crippen LogP contribution in [0.15, 0.2) is 0 Å². The molecule has 0 rings (SSSR count). The van der Waals surface area contributed by atoms with E-state index in [0.717, 1.165) is 7.11 Å². The number of methoxy groups -OCH3 is 1. The maximum Gasteiger partial charge on any atom is 0.325 e. The SMILES string of the molecule is COC(=O)C(N)C(O)C(F)F. The van der Waals surface area contributed by atoms with E-state index in [9.17, 15) is 13.6 Å². The van der Waals surface area contributed by atoms with Crippen LogP contribution >= 0.6 is 0 Å². The minimum absolute atomic E-state index is 1.00. The van der Waals surface area contributed by atoms with Crippen molar-refractivity contribution in [2.45, 2.75) is 18.6 Å². The second kappa shape index (κ2) is 4.20. The molecule has 0 aliphatic heterocycles. The van der Waals surface area contributed by atoms with E-state index in [4.69, 9.17) is 10.8 Å². The highest BCUT2D eigenvalue weighted by atomic mass is 19.3. The fraction of sp³-hybridized carbons (Fsp3) is 0.800. The zero-order valence-corrected chi connectivity index (χ0v) is 5.83. The van der Waals surface area contributed by atoms with Crippen LogP contribution in [-0.2, 0) is 9.53 Å². The first-order chi connectivity index (χ1) is 5.00. The van der Waals surface area contributed by atoms with Crippen LogP contribution in [0.3, 0.4) is 0 Å². The van der Waals surface area contributed by atoms with Crippen molar-refractivity contribution >= 4 is 5.97 Å². The van der Waals surface area contributed by atoms with Gasteiger partial charge in [-0.15, -0.1) is 0 Å². The fourth-order valence-corrected chi connectivity index (χ4v) is 0.432. The Hall–Kier alpha value is -0.750. The van der Waals surface area contributed by atoms with E-state index in [0.29, 0.717) is 0 Å². The number of nitrogens with two attached hydrogens (primary N) is 1. The molecule has 6 heteroatoms. The summed E-state index contributed by atoms with van der Waals surface area (Å²) >= 11 is 0. The third kappa shape index (κ3) is 2.77. The molecule has 0 bridgehead atoms. The molecule has 0 heterocycles. The van der Waals surface area contributed by atoms with Gasteiger partial charge < -0.3 is 15.6 Å². The van der Waals surface area contributed by atoms with Crippen LogP contribution in [-0.4, -0.2) is 36.8 Å². The van der Waals surface area contributed by atoms with Crippen LogP contribution in [0.5, 0.6) is 0 Å². The molecule has 0 fully saturated rings. The van der Waals surface area contributed by atoms with Gasteiger partial charge in [0.25, 0.3) is 6.43 Å². The average molecular weight is 169 g/mol. The summed E-state index contributed by atoms with van der Waals surface area (Å²) in [6.07, 6.45) is -5.20. The van der Waals surface area contributed by atoms with E-state index in [1.54, 1.807) is 0 Å². The van der Waals surface area contributed by atoms with Gasteiger partial charge in [0.2, 0.25) is 0 Å². The molecular weight excluding hydrogens is 160 g/mol. The molecule has 0 radical (unpaired) electrons. The maximum atomic E-state index is 11.6. The molecule has 0 saturated carbocycles. The van der Waals surface area contributed by atoms with E-state index >= 15 is 0 Å². The molecule has 0 aromatic rings. The lowest BCUT2D eigenvalue weighted by Gasteiger charge is -2.14. The topological polar surface area (TPSA) is 72.5 Å². The molecule has 2 atom stereocenters. The molecule has 66 valence electrons. The van der Waals surface area contributed by atoms with Crippen molar-refractivity contribution in [1.82, 2.24) is 0 Å². The Labute approximate surface area is 61.9 Å².